The van der Waals surface area contributed by atoms with Crippen LogP contribution >= 0.6 is 0 Å². The van der Waals surface area contributed by atoms with Gasteiger partial charge in [-0.15, -0.1) is 0 Å². The molecule has 2 aliphatic heterocycles. The van der Waals surface area contributed by atoms with Crippen molar-refractivity contribution in [2.75, 3.05) is 25.6 Å². The Kier molecular flexibility index (Phi) is 4.88. The van der Waals surface area contributed by atoms with Gasteiger partial charge in [0.25, 0.3) is 5.91 Å². The Bertz CT molecular complexity index is 1060. The highest BCUT2D eigenvalue weighted by molar-refractivity contribution is 6.02. The Morgan fingerprint density at radius 2 is 2.03 bits per heavy atom. The molecule has 0 radical (unpaired) electrons. The summed E-state index contributed by atoms with van der Waals surface area (Å²) < 4.78 is 55.6. The van der Waals surface area contributed by atoms with Crippen LogP contribution in [0.25, 0.3) is 0 Å². The third-order valence-electron chi connectivity index (χ3n) is 5.58. The van der Waals surface area contributed by atoms with Gasteiger partial charge in [-0.3, -0.25) is 9.79 Å². The van der Waals surface area contributed by atoms with E-state index in [4.69, 9.17) is 15.2 Å². The molecule has 164 valence electrons. The normalized spacial score (nSPS) is 29.8. The fourth-order valence-corrected chi connectivity index (χ4v) is 3.91. The number of nitrogens with two attached hydrogens (primary N) is 1. The largest absolute Gasteiger partial charge is 0.480 e. The van der Waals surface area contributed by atoms with Crippen molar-refractivity contribution in [3.05, 3.63) is 47.7 Å². The van der Waals surface area contributed by atoms with Gasteiger partial charge in [0.05, 0.1) is 32.7 Å². The summed E-state index contributed by atoms with van der Waals surface area (Å²) in [6, 6.07) is 3.60. The Hall–Kier alpha value is -3.21. The lowest BCUT2D eigenvalue weighted by Gasteiger charge is -2.43. The molecule has 1 aromatic heterocycles. The number of alkyl halides is 2. The van der Waals surface area contributed by atoms with Gasteiger partial charge in [-0.05, 0) is 25.1 Å². The number of amides is 1. The third-order valence-corrected chi connectivity index (χ3v) is 5.58. The first-order chi connectivity index (χ1) is 14.6. The Morgan fingerprint density at radius 3 is 2.71 bits per heavy atom. The van der Waals surface area contributed by atoms with Crippen LogP contribution in [0.2, 0.25) is 0 Å². The van der Waals surface area contributed by atoms with Gasteiger partial charge in [0.2, 0.25) is 5.88 Å². The summed E-state index contributed by atoms with van der Waals surface area (Å²) >= 11 is 0. The molecular weight excluding hydrogens is 415 g/mol. The summed E-state index contributed by atoms with van der Waals surface area (Å²) in [4.78, 5) is 24.4. The predicted octanol–water partition coefficient (Wildman–Crippen LogP) is 2.30. The lowest BCUT2D eigenvalue weighted by Crippen LogP contribution is -2.58. The number of carbonyl (C=O) groups is 1. The molecule has 11 heteroatoms. The average molecular weight is 435 g/mol. The molecule has 0 spiro atoms. The molecule has 3 N–H and O–H groups in total. The van der Waals surface area contributed by atoms with Crippen LogP contribution in [0.4, 0.5) is 18.9 Å². The maximum absolute atomic E-state index is 15.9. The van der Waals surface area contributed by atoms with E-state index in [0.29, 0.717) is 0 Å². The van der Waals surface area contributed by atoms with Gasteiger partial charge in [-0.1, -0.05) is 0 Å². The molecule has 2 aliphatic rings. The summed E-state index contributed by atoms with van der Waals surface area (Å²) in [6.07, 6.45) is 1.85. The van der Waals surface area contributed by atoms with Crippen LogP contribution < -0.4 is 15.8 Å². The lowest BCUT2D eigenvalue weighted by atomic mass is 9.70. The summed E-state index contributed by atoms with van der Waals surface area (Å²) in [5, 5.41) is 2.55. The summed E-state index contributed by atoms with van der Waals surface area (Å²) in [7, 11) is 1.41. The second-order valence-electron chi connectivity index (χ2n) is 7.78. The number of nitrogens with one attached hydrogen (secondary N) is 1. The number of aliphatic imine (C=N–C) groups is 1. The molecule has 4 rings (SSSR count). The van der Waals surface area contributed by atoms with Gasteiger partial charge in [-0.2, -0.15) is 0 Å². The Morgan fingerprint density at radius 1 is 1.26 bits per heavy atom. The van der Waals surface area contributed by atoms with Gasteiger partial charge in [0.15, 0.2) is 16.9 Å². The van der Waals surface area contributed by atoms with E-state index < -0.39 is 47.5 Å². The Balaban J connectivity index is 1.71. The lowest BCUT2D eigenvalue weighted by molar-refractivity contribution is 0.0234. The van der Waals surface area contributed by atoms with Gasteiger partial charge in [0, 0.05) is 17.7 Å². The topological polar surface area (TPSA) is 112 Å². The smallest absolute Gasteiger partial charge is 0.275 e. The summed E-state index contributed by atoms with van der Waals surface area (Å²) in [5.41, 5.74) is -0.667. The van der Waals surface area contributed by atoms with E-state index in [1.807, 2.05) is 0 Å². The van der Waals surface area contributed by atoms with Crippen molar-refractivity contribution in [3.63, 3.8) is 0 Å². The quantitative estimate of drug-likeness (QED) is 0.762. The van der Waals surface area contributed by atoms with Crippen molar-refractivity contribution < 1.29 is 27.4 Å². The number of hydrogen-bond acceptors (Lipinski definition) is 7. The average Bonchev–Trinajstić information content (AvgIpc) is 3.05. The first-order valence-electron chi connectivity index (χ1n) is 9.39. The highest BCUT2D eigenvalue weighted by Gasteiger charge is 2.65. The molecule has 2 aromatic rings. The van der Waals surface area contributed by atoms with Crippen LogP contribution in [0.3, 0.4) is 0 Å². The van der Waals surface area contributed by atoms with E-state index in [1.54, 1.807) is 0 Å². The first kappa shape index (κ1) is 21.0. The number of halogens is 3. The van der Waals surface area contributed by atoms with Crippen LogP contribution in [0, 0.1) is 5.82 Å². The maximum atomic E-state index is 15.9. The zero-order chi connectivity index (χ0) is 22.4. The number of rotatable bonds is 4. The molecule has 0 bridgehead atoms. The van der Waals surface area contributed by atoms with Crippen molar-refractivity contribution in [1.29, 1.82) is 0 Å². The maximum Gasteiger partial charge on any atom is 0.275 e. The minimum Gasteiger partial charge on any atom is -0.480 e. The van der Waals surface area contributed by atoms with E-state index in [2.05, 4.69) is 20.3 Å². The summed E-state index contributed by atoms with van der Waals surface area (Å²) in [5.74, 6) is -1.61. The molecule has 0 saturated carbocycles. The molecule has 31 heavy (non-hydrogen) atoms. The number of fused-ring (bicyclic) bond motifs is 1. The zero-order valence-electron chi connectivity index (χ0n) is 16.8. The molecule has 1 amide bonds. The van der Waals surface area contributed by atoms with E-state index >= 15 is 4.39 Å². The highest BCUT2D eigenvalue weighted by atomic mass is 19.2. The first-order valence-corrected chi connectivity index (χ1v) is 9.39. The van der Waals surface area contributed by atoms with Gasteiger partial charge in [-0.25, -0.2) is 23.1 Å². The van der Waals surface area contributed by atoms with Crippen molar-refractivity contribution >= 4 is 17.4 Å². The van der Waals surface area contributed by atoms with Gasteiger partial charge >= 0.3 is 0 Å². The van der Waals surface area contributed by atoms with Gasteiger partial charge < -0.3 is 20.5 Å². The molecule has 8 nitrogen and oxygen atoms in total. The fraction of sp³-hybridized carbons (Fsp3) is 0.400. The van der Waals surface area contributed by atoms with E-state index in [0.717, 1.165) is 13.0 Å². The number of aromatic nitrogens is 2. The minimum absolute atomic E-state index is 0.0120. The minimum atomic E-state index is -2.32. The number of nitrogens with zero attached hydrogens (tertiary/aromatic N) is 3. The van der Waals surface area contributed by atoms with Crippen LogP contribution in [0.5, 0.6) is 5.88 Å². The second-order valence-corrected chi connectivity index (χ2v) is 7.78. The molecule has 0 aliphatic carbocycles. The molecule has 0 unspecified atom stereocenters. The predicted molar refractivity (Wildman–Crippen MR) is 105 cm³/mol. The molecule has 1 saturated heterocycles. The number of anilines is 1. The molecule has 3 heterocycles. The van der Waals surface area contributed by atoms with Crippen molar-refractivity contribution in [1.82, 2.24) is 9.97 Å². The van der Waals surface area contributed by atoms with Gasteiger partial charge in [0.1, 0.15) is 17.3 Å². The third kappa shape index (κ3) is 3.38. The SMILES string of the molecule is COc1cnc(C(=O)Nc2ccc(F)c([C@]34COC[C@@]3(F)C[C@](C)(F)C(N)=N4)c2)cn1. The van der Waals surface area contributed by atoms with Crippen LogP contribution in [0.15, 0.2) is 35.6 Å². The molecule has 1 fully saturated rings. The van der Waals surface area contributed by atoms with E-state index in [-0.39, 0.29) is 29.4 Å². The van der Waals surface area contributed by atoms with Crippen molar-refractivity contribution in [2.24, 2.45) is 10.7 Å². The second kappa shape index (κ2) is 7.19. The molecular formula is C20H20F3N5O3. The van der Waals surface area contributed by atoms with E-state index in [9.17, 15) is 13.6 Å². The van der Waals surface area contributed by atoms with Crippen LogP contribution in [0.1, 0.15) is 29.4 Å². The number of benzene rings is 1. The highest BCUT2D eigenvalue weighted by Crippen LogP contribution is 2.53. The van der Waals surface area contributed by atoms with Crippen LogP contribution in [-0.4, -0.2) is 53.4 Å². The number of hydrogen-bond donors (Lipinski definition) is 2. The number of carbonyl (C=O) groups excluding carboxylic acids is 1. The number of methoxy groups -OCH3 is 1. The standard InChI is InChI=1S/C20H20F3N5O3/c1-18(22)8-19(23)9-31-10-20(19,28-17(18)24)12-5-11(3-4-13(12)21)27-16(29)14-6-26-15(30-2)7-25-14/h3-7H,8-10H2,1-2H3,(H2,24,28)(H,27,29)/t18-,19-,20+/m0/s1. The number of ether oxygens (including phenoxy) is 2. The Labute approximate surface area is 175 Å². The van der Waals surface area contributed by atoms with E-state index in [1.165, 1.54) is 31.6 Å². The molecule has 3 atom stereocenters. The summed E-state index contributed by atoms with van der Waals surface area (Å²) in [6.45, 7) is 0.345. The monoisotopic (exact) mass is 435 g/mol. The zero-order valence-corrected chi connectivity index (χ0v) is 16.8. The number of amidine groups is 1. The molecule has 1 aromatic carbocycles. The van der Waals surface area contributed by atoms with Crippen LogP contribution in [-0.2, 0) is 10.3 Å². The van der Waals surface area contributed by atoms with Crippen molar-refractivity contribution in [3.8, 4) is 5.88 Å². The van der Waals surface area contributed by atoms with Crippen molar-refractivity contribution in [2.45, 2.75) is 30.2 Å². The fourth-order valence-electron chi connectivity index (χ4n) is 3.91.